The predicted octanol–water partition coefficient (Wildman–Crippen LogP) is -0.165. The van der Waals surface area contributed by atoms with Crippen molar-refractivity contribution in [2.45, 2.75) is 31.6 Å². The standard InChI is InChI=1S/C7H17N3OS/c1-3-6(7(11)10-9)12-4-5(2)8/h5-6H,3-4,8-9H2,1-2H3,(H,10,11). The first-order valence-corrected chi connectivity index (χ1v) is 5.04. The molecule has 2 atom stereocenters. The molecule has 0 aromatic heterocycles. The Labute approximate surface area is 77.4 Å². The third-order valence-corrected chi connectivity index (χ3v) is 3.03. The highest BCUT2D eigenvalue weighted by Crippen LogP contribution is 2.14. The summed E-state index contributed by atoms with van der Waals surface area (Å²) in [6.07, 6.45) is 0.778. The van der Waals surface area contributed by atoms with Crippen LogP contribution < -0.4 is 17.0 Å². The maximum Gasteiger partial charge on any atom is 0.246 e. The van der Waals surface area contributed by atoms with Crippen LogP contribution in [0.1, 0.15) is 20.3 Å². The summed E-state index contributed by atoms with van der Waals surface area (Å²) < 4.78 is 0. The molecule has 0 spiro atoms. The molecule has 2 unspecified atom stereocenters. The van der Waals surface area contributed by atoms with Gasteiger partial charge in [-0.1, -0.05) is 6.92 Å². The van der Waals surface area contributed by atoms with Crippen molar-refractivity contribution in [2.75, 3.05) is 5.75 Å². The van der Waals surface area contributed by atoms with E-state index < -0.39 is 0 Å². The number of hydrazine groups is 1. The summed E-state index contributed by atoms with van der Waals surface area (Å²) in [5.41, 5.74) is 7.69. The van der Waals surface area contributed by atoms with Gasteiger partial charge in [-0.2, -0.15) is 0 Å². The molecule has 72 valence electrons. The van der Waals surface area contributed by atoms with Crippen molar-refractivity contribution in [3.05, 3.63) is 0 Å². The lowest BCUT2D eigenvalue weighted by Gasteiger charge is -2.13. The average Bonchev–Trinajstić information content (AvgIpc) is 2.04. The Morgan fingerprint density at radius 2 is 2.25 bits per heavy atom. The normalized spacial score (nSPS) is 15.3. The van der Waals surface area contributed by atoms with Crippen molar-refractivity contribution >= 4 is 17.7 Å². The number of amides is 1. The molecule has 0 aliphatic rings. The summed E-state index contributed by atoms with van der Waals surface area (Å²) in [4.78, 5) is 11.1. The molecule has 0 aromatic rings. The highest BCUT2D eigenvalue weighted by molar-refractivity contribution is 8.00. The molecule has 0 heterocycles. The summed E-state index contributed by atoms with van der Waals surface area (Å²) in [5, 5.41) is -0.0685. The number of nitrogens with one attached hydrogen (secondary N) is 1. The zero-order valence-corrected chi connectivity index (χ0v) is 8.36. The van der Waals surface area contributed by atoms with E-state index in [1.54, 1.807) is 11.8 Å². The molecule has 0 saturated heterocycles. The van der Waals surface area contributed by atoms with Gasteiger partial charge in [0.2, 0.25) is 5.91 Å². The quantitative estimate of drug-likeness (QED) is 0.320. The average molecular weight is 191 g/mol. The van der Waals surface area contributed by atoms with Crippen LogP contribution in [0.4, 0.5) is 0 Å². The van der Waals surface area contributed by atoms with Crippen LogP contribution in [-0.4, -0.2) is 23.0 Å². The minimum Gasteiger partial charge on any atom is -0.327 e. The zero-order chi connectivity index (χ0) is 9.56. The van der Waals surface area contributed by atoms with E-state index in [0.29, 0.717) is 0 Å². The van der Waals surface area contributed by atoms with Crippen LogP contribution in [0.3, 0.4) is 0 Å². The van der Waals surface area contributed by atoms with Gasteiger partial charge in [0.1, 0.15) is 0 Å². The second kappa shape index (κ2) is 6.28. The monoisotopic (exact) mass is 191 g/mol. The van der Waals surface area contributed by atoms with Crippen molar-refractivity contribution in [2.24, 2.45) is 11.6 Å². The summed E-state index contributed by atoms with van der Waals surface area (Å²) in [7, 11) is 0. The van der Waals surface area contributed by atoms with Crippen LogP contribution in [0.2, 0.25) is 0 Å². The van der Waals surface area contributed by atoms with E-state index in [1.807, 2.05) is 13.8 Å². The number of hydrogen-bond donors (Lipinski definition) is 3. The minimum atomic E-state index is -0.122. The predicted molar refractivity (Wildman–Crippen MR) is 52.5 cm³/mol. The first-order chi connectivity index (χ1) is 5.61. The molecule has 0 bridgehead atoms. The van der Waals surface area contributed by atoms with Crippen molar-refractivity contribution in [1.82, 2.24) is 5.43 Å². The van der Waals surface area contributed by atoms with Gasteiger partial charge in [-0.25, -0.2) is 5.84 Å². The molecule has 1 amide bonds. The molecular weight excluding hydrogens is 174 g/mol. The zero-order valence-electron chi connectivity index (χ0n) is 7.54. The Morgan fingerprint density at radius 1 is 1.67 bits per heavy atom. The van der Waals surface area contributed by atoms with Crippen LogP contribution >= 0.6 is 11.8 Å². The second-order valence-corrected chi connectivity index (χ2v) is 3.95. The van der Waals surface area contributed by atoms with E-state index in [4.69, 9.17) is 11.6 Å². The number of nitrogens with two attached hydrogens (primary N) is 2. The number of carbonyl (C=O) groups excluding carboxylic acids is 1. The fourth-order valence-corrected chi connectivity index (χ4v) is 1.73. The van der Waals surface area contributed by atoms with Gasteiger partial charge in [-0.15, -0.1) is 11.8 Å². The first-order valence-electron chi connectivity index (χ1n) is 3.99. The van der Waals surface area contributed by atoms with Gasteiger partial charge < -0.3 is 5.73 Å². The number of rotatable bonds is 5. The van der Waals surface area contributed by atoms with E-state index in [2.05, 4.69) is 5.43 Å². The molecular formula is C7H17N3OS. The van der Waals surface area contributed by atoms with E-state index in [9.17, 15) is 4.79 Å². The summed E-state index contributed by atoms with van der Waals surface area (Å²) >= 11 is 1.55. The lowest BCUT2D eigenvalue weighted by Crippen LogP contribution is -2.38. The summed E-state index contributed by atoms with van der Waals surface area (Å²) in [6, 6.07) is 0.120. The molecule has 0 rings (SSSR count). The van der Waals surface area contributed by atoms with Gasteiger partial charge in [0.25, 0.3) is 0 Å². The molecule has 5 heteroatoms. The fraction of sp³-hybridized carbons (Fsp3) is 0.857. The lowest BCUT2D eigenvalue weighted by molar-refractivity contribution is -0.120. The van der Waals surface area contributed by atoms with Crippen molar-refractivity contribution in [3.63, 3.8) is 0 Å². The highest BCUT2D eigenvalue weighted by Gasteiger charge is 2.15. The van der Waals surface area contributed by atoms with Gasteiger partial charge in [-0.3, -0.25) is 10.2 Å². The van der Waals surface area contributed by atoms with Crippen LogP contribution in [0.15, 0.2) is 0 Å². The molecule has 0 aromatic carbocycles. The first kappa shape index (κ1) is 11.7. The highest BCUT2D eigenvalue weighted by atomic mass is 32.2. The van der Waals surface area contributed by atoms with E-state index >= 15 is 0 Å². The Bertz CT molecular complexity index is 141. The van der Waals surface area contributed by atoms with E-state index in [1.165, 1.54) is 0 Å². The van der Waals surface area contributed by atoms with Crippen molar-refractivity contribution < 1.29 is 4.79 Å². The molecule has 4 nitrogen and oxygen atoms in total. The molecule has 0 radical (unpaired) electrons. The SMILES string of the molecule is CCC(SCC(C)N)C(=O)NN. The van der Waals surface area contributed by atoms with Gasteiger partial charge in [0.05, 0.1) is 5.25 Å². The van der Waals surface area contributed by atoms with Gasteiger partial charge in [0, 0.05) is 11.8 Å². The third-order valence-electron chi connectivity index (χ3n) is 1.37. The van der Waals surface area contributed by atoms with Gasteiger partial charge in [0.15, 0.2) is 0 Å². The van der Waals surface area contributed by atoms with E-state index in [0.717, 1.165) is 12.2 Å². The number of thioether (sulfide) groups is 1. The summed E-state index contributed by atoms with van der Waals surface area (Å²) in [6.45, 7) is 3.87. The second-order valence-electron chi connectivity index (χ2n) is 2.72. The van der Waals surface area contributed by atoms with Crippen LogP contribution in [-0.2, 0) is 4.79 Å². The molecule has 0 aliphatic heterocycles. The smallest absolute Gasteiger partial charge is 0.246 e. The Hall–Kier alpha value is -0.260. The van der Waals surface area contributed by atoms with Crippen LogP contribution in [0, 0.1) is 0 Å². The molecule has 0 saturated carbocycles. The van der Waals surface area contributed by atoms with Crippen LogP contribution in [0.25, 0.3) is 0 Å². The Balaban J connectivity index is 3.75. The van der Waals surface area contributed by atoms with Gasteiger partial charge in [-0.05, 0) is 13.3 Å². The Kier molecular flexibility index (Phi) is 6.14. The maximum absolute atomic E-state index is 11.1. The Morgan fingerprint density at radius 3 is 2.58 bits per heavy atom. The van der Waals surface area contributed by atoms with Crippen molar-refractivity contribution in [3.8, 4) is 0 Å². The molecule has 5 N–H and O–H groups in total. The molecule has 0 fully saturated rings. The lowest BCUT2D eigenvalue weighted by atomic mass is 10.3. The molecule has 12 heavy (non-hydrogen) atoms. The number of carbonyl (C=O) groups is 1. The number of hydrogen-bond acceptors (Lipinski definition) is 4. The maximum atomic E-state index is 11.1. The van der Waals surface area contributed by atoms with E-state index in [-0.39, 0.29) is 17.2 Å². The fourth-order valence-electron chi connectivity index (χ4n) is 0.740. The largest absolute Gasteiger partial charge is 0.327 e. The van der Waals surface area contributed by atoms with Crippen LogP contribution in [0.5, 0.6) is 0 Å². The summed E-state index contributed by atoms with van der Waals surface area (Å²) in [5.74, 6) is 5.67. The third kappa shape index (κ3) is 4.58. The molecule has 0 aliphatic carbocycles. The topological polar surface area (TPSA) is 81.1 Å². The van der Waals surface area contributed by atoms with Crippen molar-refractivity contribution in [1.29, 1.82) is 0 Å². The minimum absolute atomic E-state index is 0.0685. The van der Waals surface area contributed by atoms with Gasteiger partial charge >= 0.3 is 0 Å².